The van der Waals surface area contributed by atoms with E-state index in [1.165, 1.54) is 0 Å². The Labute approximate surface area is 148 Å². The van der Waals surface area contributed by atoms with Crippen LogP contribution in [0.1, 0.15) is 92.2 Å². The summed E-state index contributed by atoms with van der Waals surface area (Å²) in [5.74, 6) is 2.32. The van der Waals surface area contributed by atoms with Crippen molar-refractivity contribution in [1.82, 2.24) is 0 Å². The molecule has 2 nitrogen and oxygen atoms in total. The van der Waals surface area contributed by atoms with Gasteiger partial charge in [-0.15, -0.1) is 0 Å². The Morgan fingerprint density at radius 1 is 1.17 bits per heavy atom. The van der Waals surface area contributed by atoms with E-state index >= 15 is 0 Å². The van der Waals surface area contributed by atoms with E-state index in [4.69, 9.17) is 4.74 Å². The molecule has 0 amide bonds. The van der Waals surface area contributed by atoms with Gasteiger partial charge >= 0.3 is 0 Å². The van der Waals surface area contributed by atoms with Crippen LogP contribution in [-0.2, 0) is 5.41 Å². The molecule has 0 aromatic heterocycles. The van der Waals surface area contributed by atoms with E-state index in [2.05, 4.69) is 68.4 Å². The highest BCUT2D eigenvalue weighted by Crippen LogP contribution is 2.49. The Kier molecular flexibility index (Phi) is 4.76. The monoisotopic (exact) mass is 332 g/mol. The number of phenols is 1. The number of aromatic hydroxyl groups is 1. The second kappa shape index (κ2) is 5.97. The average Bonchev–Trinajstić information content (AvgIpc) is 2.33. The summed E-state index contributed by atoms with van der Waals surface area (Å²) in [5.41, 5.74) is 2.10. The quantitative estimate of drug-likeness (QED) is 0.693. The van der Waals surface area contributed by atoms with Crippen molar-refractivity contribution in [3.8, 4) is 11.5 Å². The minimum Gasteiger partial charge on any atom is -0.508 e. The molecule has 136 valence electrons. The Balaban J connectivity index is 2.53. The molecule has 1 aromatic carbocycles. The summed E-state index contributed by atoms with van der Waals surface area (Å²) in [5, 5.41) is 10.8. The van der Waals surface area contributed by atoms with Gasteiger partial charge in [-0.2, -0.15) is 0 Å². The summed E-state index contributed by atoms with van der Waals surface area (Å²) in [4.78, 5) is 0. The fourth-order valence-electron chi connectivity index (χ4n) is 4.50. The zero-order valence-electron chi connectivity index (χ0n) is 17.1. The SMILES string of the molecule is CC(C)C1CC(C)(C)Oc2cc(C(C)(C)CC(C)(C)C)c(O)cc21. The van der Waals surface area contributed by atoms with Crippen LogP contribution in [0.15, 0.2) is 12.1 Å². The third-order valence-electron chi connectivity index (χ3n) is 5.13. The van der Waals surface area contributed by atoms with Gasteiger partial charge in [-0.3, -0.25) is 0 Å². The van der Waals surface area contributed by atoms with Crippen LogP contribution in [0.25, 0.3) is 0 Å². The van der Waals surface area contributed by atoms with E-state index in [0.717, 1.165) is 29.7 Å². The number of benzene rings is 1. The summed E-state index contributed by atoms with van der Waals surface area (Å²) in [6, 6.07) is 4.07. The highest BCUT2D eigenvalue weighted by Gasteiger charge is 2.38. The number of rotatable bonds is 3. The molecule has 0 fully saturated rings. The molecule has 0 spiro atoms. The molecule has 1 atom stereocenters. The standard InChI is InChI=1S/C22H36O2/c1-14(2)16-12-22(8,9)24-19-11-17(18(23)10-15(16)19)21(6,7)13-20(3,4)5/h10-11,14,16,23H,12-13H2,1-9H3. The topological polar surface area (TPSA) is 29.5 Å². The molecule has 1 aliphatic heterocycles. The van der Waals surface area contributed by atoms with Gasteiger partial charge < -0.3 is 9.84 Å². The zero-order chi connectivity index (χ0) is 18.5. The van der Waals surface area contributed by atoms with Crippen LogP contribution >= 0.6 is 0 Å². The Bertz CT molecular complexity index is 603. The van der Waals surface area contributed by atoms with E-state index in [0.29, 0.717) is 17.6 Å². The highest BCUT2D eigenvalue weighted by atomic mass is 16.5. The molecule has 2 rings (SSSR count). The Morgan fingerprint density at radius 3 is 2.25 bits per heavy atom. The highest BCUT2D eigenvalue weighted by molar-refractivity contribution is 5.51. The predicted octanol–water partition coefficient (Wildman–Crippen LogP) is 6.41. The van der Waals surface area contributed by atoms with E-state index < -0.39 is 0 Å². The molecule has 1 unspecified atom stereocenters. The third kappa shape index (κ3) is 4.07. The average molecular weight is 333 g/mol. The molecule has 0 saturated heterocycles. The van der Waals surface area contributed by atoms with Crippen molar-refractivity contribution >= 4 is 0 Å². The molecular weight excluding hydrogens is 296 g/mol. The Hall–Kier alpha value is -1.18. The minimum atomic E-state index is -0.162. The van der Waals surface area contributed by atoms with Gasteiger partial charge in [0.1, 0.15) is 17.1 Å². The van der Waals surface area contributed by atoms with Gasteiger partial charge in [0.15, 0.2) is 0 Å². The maximum absolute atomic E-state index is 10.8. The van der Waals surface area contributed by atoms with Crippen LogP contribution in [0.3, 0.4) is 0 Å². The third-order valence-corrected chi connectivity index (χ3v) is 5.13. The summed E-state index contributed by atoms with van der Waals surface area (Å²) in [6.45, 7) is 20.0. The van der Waals surface area contributed by atoms with Gasteiger partial charge in [0.05, 0.1) is 0 Å². The fraction of sp³-hybridized carbons (Fsp3) is 0.727. The van der Waals surface area contributed by atoms with Crippen LogP contribution in [0.2, 0.25) is 0 Å². The van der Waals surface area contributed by atoms with E-state index in [-0.39, 0.29) is 16.4 Å². The molecule has 1 heterocycles. The molecule has 0 aliphatic carbocycles. The summed E-state index contributed by atoms with van der Waals surface area (Å²) < 4.78 is 6.31. The van der Waals surface area contributed by atoms with Crippen LogP contribution < -0.4 is 4.74 Å². The van der Waals surface area contributed by atoms with Gasteiger partial charge in [-0.1, -0.05) is 48.5 Å². The lowest BCUT2D eigenvalue weighted by Crippen LogP contribution is -2.36. The van der Waals surface area contributed by atoms with Crippen molar-refractivity contribution in [3.63, 3.8) is 0 Å². The first-order valence-corrected chi connectivity index (χ1v) is 9.28. The number of hydrogen-bond acceptors (Lipinski definition) is 2. The van der Waals surface area contributed by atoms with E-state index in [1.54, 1.807) is 0 Å². The molecule has 2 heteroatoms. The second-order valence-electron chi connectivity index (χ2n) is 10.4. The van der Waals surface area contributed by atoms with Crippen LogP contribution in [0.5, 0.6) is 11.5 Å². The van der Waals surface area contributed by atoms with Crippen LogP contribution in [-0.4, -0.2) is 10.7 Å². The van der Waals surface area contributed by atoms with Gasteiger partial charge in [0, 0.05) is 11.1 Å². The van der Waals surface area contributed by atoms with Crippen molar-refractivity contribution < 1.29 is 9.84 Å². The number of hydrogen-bond donors (Lipinski definition) is 1. The smallest absolute Gasteiger partial charge is 0.124 e. The van der Waals surface area contributed by atoms with E-state index in [1.807, 2.05) is 6.07 Å². The predicted molar refractivity (Wildman–Crippen MR) is 102 cm³/mol. The number of ether oxygens (including phenoxy) is 1. The van der Waals surface area contributed by atoms with Crippen LogP contribution in [0, 0.1) is 11.3 Å². The lowest BCUT2D eigenvalue weighted by atomic mass is 9.70. The van der Waals surface area contributed by atoms with Crippen molar-refractivity contribution in [2.45, 2.75) is 92.1 Å². The van der Waals surface area contributed by atoms with Crippen molar-refractivity contribution in [3.05, 3.63) is 23.3 Å². The Morgan fingerprint density at radius 2 is 1.75 bits per heavy atom. The van der Waals surface area contributed by atoms with Gasteiger partial charge in [-0.05, 0) is 61.5 Å². The zero-order valence-corrected chi connectivity index (χ0v) is 17.1. The molecule has 1 N–H and O–H groups in total. The lowest BCUT2D eigenvalue weighted by molar-refractivity contribution is 0.0634. The van der Waals surface area contributed by atoms with Crippen molar-refractivity contribution in [2.24, 2.45) is 11.3 Å². The van der Waals surface area contributed by atoms with Crippen molar-refractivity contribution in [1.29, 1.82) is 0 Å². The maximum Gasteiger partial charge on any atom is 0.124 e. The molecule has 1 aromatic rings. The molecule has 0 radical (unpaired) electrons. The first kappa shape index (κ1) is 19.1. The van der Waals surface area contributed by atoms with Gasteiger partial charge in [0.25, 0.3) is 0 Å². The van der Waals surface area contributed by atoms with Gasteiger partial charge in [0.2, 0.25) is 0 Å². The molecular formula is C22H36O2. The molecule has 24 heavy (non-hydrogen) atoms. The second-order valence-corrected chi connectivity index (χ2v) is 10.4. The largest absolute Gasteiger partial charge is 0.508 e. The lowest BCUT2D eigenvalue weighted by Gasteiger charge is -2.41. The number of phenolic OH excluding ortho intramolecular Hbond substituents is 1. The normalized spacial score (nSPS) is 20.7. The minimum absolute atomic E-state index is 0.102. The van der Waals surface area contributed by atoms with E-state index in [9.17, 15) is 5.11 Å². The molecule has 1 aliphatic rings. The summed E-state index contributed by atoms with van der Waals surface area (Å²) in [7, 11) is 0. The number of fused-ring (bicyclic) bond motifs is 1. The molecule has 0 bridgehead atoms. The summed E-state index contributed by atoms with van der Waals surface area (Å²) >= 11 is 0. The fourth-order valence-corrected chi connectivity index (χ4v) is 4.50. The first-order valence-electron chi connectivity index (χ1n) is 9.28. The van der Waals surface area contributed by atoms with Crippen molar-refractivity contribution in [2.75, 3.05) is 0 Å². The first-order chi connectivity index (χ1) is 10.7. The maximum atomic E-state index is 10.8. The summed E-state index contributed by atoms with van der Waals surface area (Å²) in [6.07, 6.45) is 1.99. The van der Waals surface area contributed by atoms with Crippen LogP contribution in [0.4, 0.5) is 0 Å². The van der Waals surface area contributed by atoms with Gasteiger partial charge in [-0.25, -0.2) is 0 Å². The molecule has 0 saturated carbocycles.